The normalized spacial score (nSPS) is 23.2. The highest BCUT2D eigenvalue weighted by molar-refractivity contribution is 6.24. The Morgan fingerprint density at radius 1 is 0.944 bits per heavy atom. The van der Waals surface area contributed by atoms with Gasteiger partial charge in [0.15, 0.2) is 5.78 Å². The van der Waals surface area contributed by atoms with Crippen molar-refractivity contribution in [2.45, 2.75) is 39.7 Å². The summed E-state index contributed by atoms with van der Waals surface area (Å²) in [7, 11) is 0. The molecule has 4 nitrogen and oxygen atoms in total. The van der Waals surface area contributed by atoms with Crippen LogP contribution in [0.1, 0.15) is 33.6 Å². The van der Waals surface area contributed by atoms with Crippen molar-refractivity contribution in [2.24, 2.45) is 5.73 Å². The van der Waals surface area contributed by atoms with Crippen LogP contribution < -0.4 is 5.73 Å². The first-order chi connectivity index (χ1) is 8.43. The summed E-state index contributed by atoms with van der Waals surface area (Å²) in [5, 5.41) is 0. The molecule has 0 unspecified atom stereocenters. The molecule has 2 rings (SSSR count). The van der Waals surface area contributed by atoms with E-state index in [0.717, 1.165) is 25.9 Å². The van der Waals surface area contributed by atoms with E-state index in [9.17, 15) is 9.59 Å². The number of likely N-dealkylation sites (tertiary alicyclic amines) is 1. The number of allylic oxidation sites excluding steroid dienone is 3. The minimum absolute atomic E-state index is 0.0000661. The quantitative estimate of drug-likeness (QED) is 0.708. The van der Waals surface area contributed by atoms with E-state index in [1.807, 2.05) is 4.90 Å². The maximum absolute atomic E-state index is 12.3. The van der Waals surface area contributed by atoms with Crippen molar-refractivity contribution in [1.29, 1.82) is 0 Å². The lowest BCUT2D eigenvalue weighted by Crippen LogP contribution is -2.42. The molecular formula is C14H20N2O2. The van der Waals surface area contributed by atoms with Gasteiger partial charge in [0.2, 0.25) is 5.78 Å². The third kappa shape index (κ3) is 2.01. The number of piperidine rings is 1. The van der Waals surface area contributed by atoms with Crippen LogP contribution in [-0.4, -0.2) is 35.6 Å². The van der Waals surface area contributed by atoms with Gasteiger partial charge in [-0.15, -0.1) is 0 Å². The molecule has 2 N–H and O–H groups in total. The van der Waals surface area contributed by atoms with E-state index in [0.29, 0.717) is 22.4 Å². The molecule has 1 aliphatic carbocycles. The number of hydrogen-bond donors (Lipinski definition) is 1. The highest BCUT2D eigenvalue weighted by atomic mass is 16.1. The number of nitrogens with two attached hydrogens (primary N) is 1. The summed E-state index contributed by atoms with van der Waals surface area (Å²) in [5.41, 5.74) is 8.20. The fraction of sp³-hybridized carbons (Fsp3) is 0.571. The van der Waals surface area contributed by atoms with Crippen LogP contribution in [0.2, 0.25) is 0 Å². The first kappa shape index (κ1) is 13.0. The Labute approximate surface area is 108 Å². The smallest absolute Gasteiger partial charge is 0.205 e. The van der Waals surface area contributed by atoms with E-state index in [1.54, 1.807) is 20.8 Å². The van der Waals surface area contributed by atoms with Gasteiger partial charge in [0.25, 0.3) is 0 Å². The zero-order chi connectivity index (χ0) is 13.4. The highest BCUT2D eigenvalue weighted by Crippen LogP contribution is 2.28. The summed E-state index contributed by atoms with van der Waals surface area (Å²) in [6.07, 6.45) is 1.75. The molecule has 1 heterocycles. The second kappa shape index (κ2) is 4.69. The van der Waals surface area contributed by atoms with Crippen LogP contribution in [0.3, 0.4) is 0 Å². The number of rotatable bonds is 1. The molecule has 0 spiro atoms. The Kier molecular flexibility index (Phi) is 3.39. The van der Waals surface area contributed by atoms with Gasteiger partial charge < -0.3 is 10.6 Å². The van der Waals surface area contributed by atoms with Crippen LogP contribution in [0.25, 0.3) is 0 Å². The van der Waals surface area contributed by atoms with Crippen LogP contribution in [0, 0.1) is 0 Å². The van der Waals surface area contributed by atoms with E-state index in [4.69, 9.17) is 5.73 Å². The predicted molar refractivity (Wildman–Crippen MR) is 69.9 cm³/mol. The molecule has 0 bridgehead atoms. The summed E-state index contributed by atoms with van der Waals surface area (Å²) in [4.78, 5) is 26.4. The predicted octanol–water partition coefficient (Wildman–Crippen LogP) is 1.17. The molecule has 0 amide bonds. The number of carbonyl (C=O) groups is 2. The monoisotopic (exact) mass is 248 g/mol. The molecular weight excluding hydrogens is 228 g/mol. The summed E-state index contributed by atoms with van der Waals surface area (Å²) in [5.74, 6) is -0.00274. The fourth-order valence-electron chi connectivity index (χ4n) is 2.58. The van der Waals surface area contributed by atoms with Gasteiger partial charge in [0.1, 0.15) is 0 Å². The largest absolute Gasteiger partial charge is 0.368 e. The molecule has 0 saturated carbocycles. The second-order valence-electron chi connectivity index (χ2n) is 5.21. The maximum atomic E-state index is 12.3. The number of nitrogens with zero attached hydrogens (tertiary/aromatic N) is 1. The van der Waals surface area contributed by atoms with E-state index in [1.165, 1.54) is 0 Å². The van der Waals surface area contributed by atoms with Crippen molar-refractivity contribution in [1.82, 2.24) is 4.90 Å². The molecule has 4 heteroatoms. The Hall–Kier alpha value is -1.42. The first-order valence-corrected chi connectivity index (χ1v) is 6.41. The Bertz CT molecular complexity index is 466. The standard InChI is InChI=1S/C14H20N2O2/c1-8-9(2)14(18)12(10(3)13(8)17)16-6-4-11(15)5-7-16/h11H,4-7,15H2,1-3H3. The Morgan fingerprint density at radius 3 is 2.00 bits per heavy atom. The molecule has 1 aliphatic heterocycles. The van der Waals surface area contributed by atoms with Crippen molar-refractivity contribution in [3.63, 3.8) is 0 Å². The van der Waals surface area contributed by atoms with Gasteiger partial charge in [0.05, 0.1) is 5.70 Å². The molecule has 0 aromatic carbocycles. The SMILES string of the molecule is CC1=C(C)C(=O)C(N2CCC(N)CC2)=C(C)C1=O. The van der Waals surface area contributed by atoms with Crippen LogP contribution >= 0.6 is 0 Å². The maximum Gasteiger partial charge on any atom is 0.205 e. The highest BCUT2D eigenvalue weighted by Gasteiger charge is 2.32. The summed E-state index contributed by atoms with van der Waals surface area (Å²) < 4.78 is 0. The van der Waals surface area contributed by atoms with Crippen molar-refractivity contribution < 1.29 is 9.59 Å². The van der Waals surface area contributed by atoms with Gasteiger partial charge in [-0.3, -0.25) is 9.59 Å². The number of ketones is 2. The van der Waals surface area contributed by atoms with Gasteiger partial charge in [-0.25, -0.2) is 0 Å². The zero-order valence-electron chi connectivity index (χ0n) is 11.2. The summed E-state index contributed by atoms with van der Waals surface area (Å²) in [6.45, 7) is 6.73. The van der Waals surface area contributed by atoms with E-state index in [2.05, 4.69) is 0 Å². The van der Waals surface area contributed by atoms with E-state index < -0.39 is 0 Å². The minimum Gasteiger partial charge on any atom is -0.368 e. The summed E-state index contributed by atoms with van der Waals surface area (Å²) in [6, 6.07) is 0.218. The Morgan fingerprint density at radius 2 is 1.44 bits per heavy atom. The molecule has 0 atom stereocenters. The number of hydrogen-bond acceptors (Lipinski definition) is 4. The molecule has 98 valence electrons. The number of Topliss-reactive ketones (excluding diaryl/α,β-unsaturated/α-hetero) is 2. The average molecular weight is 248 g/mol. The van der Waals surface area contributed by atoms with E-state index in [-0.39, 0.29) is 17.6 Å². The third-order valence-electron chi connectivity index (χ3n) is 4.01. The van der Waals surface area contributed by atoms with E-state index >= 15 is 0 Å². The average Bonchev–Trinajstić information content (AvgIpc) is 2.36. The molecule has 0 aromatic heterocycles. The Balaban J connectivity index is 2.32. The summed E-state index contributed by atoms with van der Waals surface area (Å²) >= 11 is 0. The third-order valence-corrected chi connectivity index (χ3v) is 4.01. The molecule has 0 aromatic rings. The van der Waals surface area contributed by atoms with Crippen molar-refractivity contribution in [3.8, 4) is 0 Å². The molecule has 1 saturated heterocycles. The topological polar surface area (TPSA) is 63.4 Å². The van der Waals surface area contributed by atoms with Gasteiger partial charge in [0, 0.05) is 35.9 Å². The molecule has 1 fully saturated rings. The van der Waals surface area contributed by atoms with Gasteiger partial charge >= 0.3 is 0 Å². The van der Waals surface area contributed by atoms with Gasteiger partial charge in [-0.05, 0) is 33.6 Å². The second-order valence-corrected chi connectivity index (χ2v) is 5.21. The molecule has 18 heavy (non-hydrogen) atoms. The lowest BCUT2D eigenvalue weighted by molar-refractivity contribution is -0.117. The number of carbonyl (C=O) groups excluding carboxylic acids is 2. The zero-order valence-corrected chi connectivity index (χ0v) is 11.2. The van der Waals surface area contributed by atoms with Crippen molar-refractivity contribution in [3.05, 3.63) is 22.4 Å². The lowest BCUT2D eigenvalue weighted by atomic mass is 9.88. The molecule has 2 aliphatic rings. The van der Waals surface area contributed by atoms with Gasteiger partial charge in [-0.1, -0.05) is 0 Å². The van der Waals surface area contributed by atoms with Crippen molar-refractivity contribution >= 4 is 11.6 Å². The van der Waals surface area contributed by atoms with Crippen LogP contribution in [0.5, 0.6) is 0 Å². The van der Waals surface area contributed by atoms with Crippen LogP contribution in [0.4, 0.5) is 0 Å². The van der Waals surface area contributed by atoms with Gasteiger partial charge in [-0.2, -0.15) is 0 Å². The van der Waals surface area contributed by atoms with Crippen LogP contribution in [0.15, 0.2) is 22.4 Å². The minimum atomic E-state index is -0.00280. The fourth-order valence-corrected chi connectivity index (χ4v) is 2.58. The molecule has 0 radical (unpaired) electrons. The lowest BCUT2D eigenvalue weighted by Gasteiger charge is -2.35. The van der Waals surface area contributed by atoms with Crippen molar-refractivity contribution in [2.75, 3.05) is 13.1 Å². The first-order valence-electron chi connectivity index (χ1n) is 6.41. The van der Waals surface area contributed by atoms with Crippen LogP contribution in [-0.2, 0) is 9.59 Å².